The van der Waals surface area contributed by atoms with Gasteiger partial charge in [-0.05, 0) is 31.0 Å². The molecule has 1 amide bonds. The topological polar surface area (TPSA) is 43.8 Å². The Morgan fingerprint density at radius 2 is 1.84 bits per heavy atom. The summed E-state index contributed by atoms with van der Waals surface area (Å²) >= 11 is 0. The third-order valence-electron chi connectivity index (χ3n) is 3.90. The average molecular weight is 262 g/mol. The number of phenols is 1. The van der Waals surface area contributed by atoms with Crippen molar-refractivity contribution in [3.8, 4) is 5.75 Å². The van der Waals surface area contributed by atoms with Crippen LogP contribution in [0.15, 0.2) is 24.3 Å². The lowest BCUT2D eigenvalue weighted by Crippen LogP contribution is -2.34. The second kappa shape index (κ2) is 6.06. The van der Waals surface area contributed by atoms with Crippen LogP contribution < -0.4 is 0 Å². The zero-order valence-corrected chi connectivity index (χ0v) is 11.7. The van der Waals surface area contributed by atoms with E-state index in [-0.39, 0.29) is 5.91 Å². The first-order valence-electron chi connectivity index (χ1n) is 6.86. The van der Waals surface area contributed by atoms with Gasteiger partial charge < -0.3 is 10.0 Å². The summed E-state index contributed by atoms with van der Waals surface area (Å²) in [5.41, 5.74) is 1.20. The number of aromatic hydroxyl groups is 1. The summed E-state index contributed by atoms with van der Waals surface area (Å²) in [7, 11) is 0. The molecule has 1 aromatic rings. The molecule has 104 valence electrons. The van der Waals surface area contributed by atoms with E-state index in [9.17, 15) is 9.90 Å². The highest BCUT2D eigenvalue weighted by Gasteiger charge is 2.21. The minimum Gasteiger partial charge on any atom is -0.508 e. The van der Waals surface area contributed by atoms with Crippen LogP contribution in [-0.2, 0) is 4.79 Å². The summed E-state index contributed by atoms with van der Waals surface area (Å²) in [5, 5.41) is 9.33. The van der Waals surface area contributed by atoms with Crippen molar-refractivity contribution in [2.45, 2.75) is 26.3 Å². The van der Waals surface area contributed by atoms with E-state index in [1.165, 1.54) is 5.56 Å². The SMILES string of the molecule is CC(=O)N1CCCN(C(C)c2ccc(O)cc2)CC1. The molecule has 1 atom stereocenters. The molecule has 19 heavy (non-hydrogen) atoms. The van der Waals surface area contributed by atoms with E-state index in [1.54, 1.807) is 19.1 Å². The van der Waals surface area contributed by atoms with Gasteiger partial charge in [0.1, 0.15) is 5.75 Å². The first-order valence-corrected chi connectivity index (χ1v) is 6.86. The number of benzene rings is 1. The smallest absolute Gasteiger partial charge is 0.219 e. The zero-order valence-electron chi connectivity index (χ0n) is 11.7. The summed E-state index contributed by atoms with van der Waals surface area (Å²) in [6.45, 7) is 7.38. The molecule has 0 spiro atoms. The van der Waals surface area contributed by atoms with Gasteiger partial charge in [0.2, 0.25) is 5.91 Å². The van der Waals surface area contributed by atoms with Crippen molar-refractivity contribution in [1.82, 2.24) is 9.80 Å². The highest BCUT2D eigenvalue weighted by atomic mass is 16.3. The van der Waals surface area contributed by atoms with E-state index in [0.29, 0.717) is 11.8 Å². The van der Waals surface area contributed by atoms with Crippen LogP contribution in [0.2, 0.25) is 0 Å². The van der Waals surface area contributed by atoms with Crippen molar-refractivity contribution in [2.75, 3.05) is 26.2 Å². The Kier molecular flexibility index (Phi) is 4.43. The number of amides is 1. The van der Waals surface area contributed by atoms with E-state index in [4.69, 9.17) is 0 Å². The van der Waals surface area contributed by atoms with E-state index in [2.05, 4.69) is 11.8 Å². The Morgan fingerprint density at radius 1 is 1.16 bits per heavy atom. The van der Waals surface area contributed by atoms with Crippen LogP contribution in [0.1, 0.15) is 31.9 Å². The Bertz CT molecular complexity index is 430. The van der Waals surface area contributed by atoms with Crippen LogP contribution in [-0.4, -0.2) is 47.0 Å². The molecule has 1 N–H and O–H groups in total. The lowest BCUT2D eigenvalue weighted by atomic mass is 10.1. The number of hydrogen-bond donors (Lipinski definition) is 1. The summed E-state index contributed by atoms with van der Waals surface area (Å²) in [5.74, 6) is 0.466. The lowest BCUT2D eigenvalue weighted by molar-refractivity contribution is -0.128. The maximum Gasteiger partial charge on any atom is 0.219 e. The second-order valence-electron chi connectivity index (χ2n) is 5.16. The fraction of sp³-hybridized carbons (Fsp3) is 0.533. The Morgan fingerprint density at radius 3 is 2.47 bits per heavy atom. The molecule has 0 saturated carbocycles. The third-order valence-corrected chi connectivity index (χ3v) is 3.90. The molecule has 0 radical (unpaired) electrons. The number of rotatable bonds is 2. The fourth-order valence-electron chi connectivity index (χ4n) is 2.60. The van der Waals surface area contributed by atoms with Crippen LogP contribution in [0.25, 0.3) is 0 Å². The Hall–Kier alpha value is -1.55. The third kappa shape index (κ3) is 3.47. The molecular formula is C15H22N2O2. The van der Waals surface area contributed by atoms with Gasteiger partial charge in [-0.2, -0.15) is 0 Å². The van der Waals surface area contributed by atoms with Crippen LogP contribution >= 0.6 is 0 Å². The van der Waals surface area contributed by atoms with E-state index in [1.807, 2.05) is 17.0 Å². The number of hydrogen-bond acceptors (Lipinski definition) is 3. The zero-order chi connectivity index (χ0) is 13.8. The molecule has 2 rings (SSSR count). The summed E-state index contributed by atoms with van der Waals surface area (Å²) < 4.78 is 0. The van der Waals surface area contributed by atoms with E-state index >= 15 is 0 Å². The van der Waals surface area contributed by atoms with E-state index < -0.39 is 0 Å². The summed E-state index contributed by atoms with van der Waals surface area (Å²) in [6, 6.07) is 7.70. The molecule has 1 heterocycles. The molecule has 1 unspecified atom stereocenters. The maximum atomic E-state index is 11.4. The van der Waals surface area contributed by atoms with Gasteiger partial charge in [0.15, 0.2) is 0 Å². The number of carbonyl (C=O) groups is 1. The van der Waals surface area contributed by atoms with Gasteiger partial charge in [0, 0.05) is 39.1 Å². The standard InChI is InChI=1S/C15H22N2O2/c1-12(14-4-6-15(19)7-5-14)16-8-3-9-17(11-10-16)13(2)18/h4-7,12,19H,3,8-11H2,1-2H3. The largest absolute Gasteiger partial charge is 0.508 e. The molecule has 0 aliphatic carbocycles. The van der Waals surface area contributed by atoms with Gasteiger partial charge in [-0.15, -0.1) is 0 Å². The molecule has 4 nitrogen and oxygen atoms in total. The monoisotopic (exact) mass is 262 g/mol. The molecule has 0 aromatic heterocycles. The molecule has 1 saturated heterocycles. The Labute approximate surface area is 114 Å². The highest BCUT2D eigenvalue weighted by molar-refractivity contribution is 5.73. The molecule has 1 aromatic carbocycles. The van der Waals surface area contributed by atoms with Crippen molar-refractivity contribution < 1.29 is 9.90 Å². The van der Waals surface area contributed by atoms with Crippen molar-refractivity contribution in [2.24, 2.45) is 0 Å². The van der Waals surface area contributed by atoms with Crippen molar-refractivity contribution in [3.05, 3.63) is 29.8 Å². The first-order chi connectivity index (χ1) is 9.08. The van der Waals surface area contributed by atoms with Gasteiger partial charge in [0.05, 0.1) is 0 Å². The molecule has 1 aliphatic heterocycles. The maximum absolute atomic E-state index is 11.4. The predicted octanol–water partition coefficient (Wildman–Crippen LogP) is 2.01. The van der Waals surface area contributed by atoms with Gasteiger partial charge in [0.25, 0.3) is 0 Å². The van der Waals surface area contributed by atoms with Gasteiger partial charge in [-0.25, -0.2) is 0 Å². The van der Waals surface area contributed by atoms with Gasteiger partial charge in [-0.1, -0.05) is 12.1 Å². The highest BCUT2D eigenvalue weighted by Crippen LogP contribution is 2.23. The van der Waals surface area contributed by atoms with Gasteiger partial charge in [-0.3, -0.25) is 9.69 Å². The molecule has 1 fully saturated rings. The van der Waals surface area contributed by atoms with Crippen LogP contribution in [0.5, 0.6) is 5.75 Å². The number of phenolic OH excluding ortho intramolecular Hbond substituents is 1. The fourth-order valence-corrected chi connectivity index (χ4v) is 2.60. The summed E-state index contributed by atoms with van der Waals surface area (Å²) in [4.78, 5) is 15.7. The summed E-state index contributed by atoms with van der Waals surface area (Å²) in [6.07, 6.45) is 1.02. The second-order valence-corrected chi connectivity index (χ2v) is 5.16. The van der Waals surface area contributed by atoms with Crippen LogP contribution in [0, 0.1) is 0 Å². The normalized spacial score (nSPS) is 18.9. The average Bonchev–Trinajstić information content (AvgIpc) is 2.64. The number of carbonyl (C=O) groups excluding carboxylic acids is 1. The molecule has 4 heteroatoms. The molecular weight excluding hydrogens is 240 g/mol. The lowest BCUT2D eigenvalue weighted by Gasteiger charge is -2.28. The minimum atomic E-state index is 0.166. The van der Waals surface area contributed by atoms with Crippen LogP contribution in [0.3, 0.4) is 0 Å². The van der Waals surface area contributed by atoms with Gasteiger partial charge >= 0.3 is 0 Å². The van der Waals surface area contributed by atoms with Crippen molar-refractivity contribution >= 4 is 5.91 Å². The first kappa shape index (κ1) is 13.9. The minimum absolute atomic E-state index is 0.166. The molecule has 0 bridgehead atoms. The predicted molar refractivity (Wildman–Crippen MR) is 75.0 cm³/mol. The van der Waals surface area contributed by atoms with E-state index in [0.717, 1.165) is 32.6 Å². The number of nitrogens with zero attached hydrogens (tertiary/aromatic N) is 2. The van der Waals surface area contributed by atoms with Crippen molar-refractivity contribution in [1.29, 1.82) is 0 Å². The molecule has 1 aliphatic rings. The Balaban J connectivity index is 2.01. The van der Waals surface area contributed by atoms with Crippen LogP contribution in [0.4, 0.5) is 0 Å². The quantitative estimate of drug-likeness (QED) is 0.886. The van der Waals surface area contributed by atoms with Crippen molar-refractivity contribution in [3.63, 3.8) is 0 Å².